The number of amides is 1. The van der Waals surface area contributed by atoms with Gasteiger partial charge < -0.3 is 4.90 Å². The molecule has 0 fully saturated rings. The molecule has 90 valence electrons. The maximum absolute atomic E-state index is 12.2. The molecule has 0 bridgehead atoms. The summed E-state index contributed by atoms with van der Waals surface area (Å²) in [5.41, 5.74) is 2.21. The van der Waals surface area contributed by atoms with Crippen molar-refractivity contribution in [2.45, 2.75) is 18.7 Å². The van der Waals surface area contributed by atoms with Gasteiger partial charge in [-0.25, -0.2) is 0 Å². The smallest absolute Gasteiger partial charge is 0.245 e. The Labute approximate surface area is 107 Å². The zero-order valence-electron chi connectivity index (χ0n) is 9.90. The average molecular weight is 250 g/mol. The van der Waals surface area contributed by atoms with E-state index in [9.17, 15) is 4.79 Å². The van der Waals surface area contributed by atoms with E-state index >= 15 is 0 Å². The highest BCUT2D eigenvalue weighted by atomic mass is 35.5. The molecular formula is C14H16ClNO. The zero-order chi connectivity index (χ0) is 12.3. The molecule has 1 amide bonds. The van der Waals surface area contributed by atoms with Crippen LogP contribution in [0, 0.1) is 0 Å². The van der Waals surface area contributed by atoms with Crippen molar-refractivity contribution in [1.29, 1.82) is 0 Å². The number of alkyl halides is 1. The predicted molar refractivity (Wildman–Crippen MR) is 70.0 cm³/mol. The van der Waals surface area contributed by atoms with Crippen LogP contribution in [0.2, 0.25) is 0 Å². The lowest BCUT2D eigenvalue weighted by atomic mass is 10.1. The summed E-state index contributed by atoms with van der Waals surface area (Å²) < 4.78 is 0. The van der Waals surface area contributed by atoms with E-state index in [4.69, 9.17) is 11.6 Å². The maximum atomic E-state index is 12.2. The van der Waals surface area contributed by atoms with Crippen molar-refractivity contribution in [3.63, 3.8) is 0 Å². The molecule has 0 aliphatic carbocycles. The number of benzene rings is 1. The van der Waals surface area contributed by atoms with E-state index in [0.29, 0.717) is 6.54 Å². The number of rotatable bonds is 2. The second kappa shape index (κ2) is 5.37. The summed E-state index contributed by atoms with van der Waals surface area (Å²) in [5, 5.41) is -0.567. The Morgan fingerprint density at radius 3 is 2.65 bits per heavy atom. The lowest BCUT2D eigenvalue weighted by molar-refractivity contribution is -0.130. The van der Waals surface area contributed by atoms with Gasteiger partial charge in [-0.2, -0.15) is 0 Å². The lowest BCUT2D eigenvalue weighted by Crippen LogP contribution is -2.36. The molecule has 0 aromatic heterocycles. The Hall–Kier alpha value is -1.28. The molecule has 1 aliphatic rings. The third-order valence-corrected chi connectivity index (χ3v) is 3.50. The molecule has 2 rings (SSSR count). The molecule has 0 saturated carbocycles. The van der Waals surface area contributed by atoms with Crippen molar-refractivity contribution in [3.05, 3.63) is 47.5 Å². The van der Waals surface area contributed by atoms with Crippen molar-refractivity contribution in [2.75, 3.05) is 13.1 Å². The van der Waals surface area contributed by atoms with Crippen LogP contribution in [0.15, 0.2) is 42.0 Å². The van der Waals surface area contributed by atoms with E-state index in [1.807, 2.05) is 35.2 Å². The fourth-order valence-electron chi connectivity index (χ4n) is 1.90. The Morgan fingerprint density at radius 2 is 2.06 bits per heavy atom. The first kappa shape index (κ1) is 12.2. The molecule has 1 heterocycles. The van der Waals surface area contributed by atoms with Gasteiger partial charge >= 0.3 is 0 Å². The molecule has 3 heteroatoms. The van der Waals surface area contributed by atoms with Gasteiger partial charge in [0, 0.05) is 13.1 Å². The Bertz CT molecular complexity index is 427. The summed E-state index contributed by atoms with van der Waals surface area (Å²) in [6.07, 6.45) is 3.04. The van der Waals surface area contributed by atoms with Crippen LogP contribution in [0.1, 0.15) is 24.3 Å². The van der Waals surface area contributed by atoms with Crippen LogP contribution in [0.4, 0.5) is 0 Å². The number of hydrogen-bond donors (Lipinski definition) is 0. The number of halogens is 1. The van der Waals surface area contributed by atoms with Crippen LogP contribution in [0.5, 0.6) is 0 Å². The quantitative estimate of drug-likeness (QED) is 0.583. The highest BCUT2D eigenvalue weighted by Gasteiger charge is 2.24. The van der Waals surface area contributed by atoms with E-state index in [1.54, 1.807) is 0 Å². The Balaban J connectivity index is 2.06. The summed E-state index contributed by atoms with van der Waals surface area (Å²) in [4.78, 5) is 14.0. The van der Waals surface area contributed by atoms with Gasteiger partial charge in [0.1, 0.15) is 5.38 Å². The zero-order valence-corrected chi connectivity index (χ0v) is 10.7. The summed E-state index contributed by atoms with van der Waals surface area (Å²) >= 11 is 6.21. The number of carbonyl (C=O) groups is 1. The highest BCUT2D eigenvalue weighted by Crippen LogP contribution is 2.24. The molecule has 0 radical (unpaired) electrons. The summed E-state index contributed by atoms with van der Waals surface area (Å²) in [6, 6.07) is 9.50. The van der Waals surface area contributed by atoms with Crippen molar-refractivity contribution < 1.29 is 4.79 Å². The fraction of sp³-hybridized carbons (Fsp3) is 0.357. The van der Waals surface area contributed by atoms with Crippen LogP contribution in [0.3, 0.4) is 0 Å². The molecular weight excluding hydrogens is 234 g/mol. The van der Waals surface area contributed by atoms with E-state index in [2.05, 4.69) is 13.0 Å². The van der Waals surface area contributed by atoms with Gasteiger partial charge in [-0.05, 0) is 18.9 Å². The van der Waals surface area contributed by atoms with E-state index in [1.165, 1.54) is 5.57 Å². The third-order valence-electron chi connectivity index (χ3n) is 3.06. The predicted octanol–water partition coefficient (Wildman–Crippen LogP) is 3.15. The van der Waals surface area contributed by atoms with Crippen molar-refractivity contribution in [1.82, 2.24) is 4.90 Å². The molecule has 2 nitrogen and oxygen atoms in total. The van der Waals surface area contributed by atoms with Gasteiger partial charge in [0.05, 0.1) is 0 Å². The molecule has 1 aliphatic heterocycles. The third kappa shape index (κ3) is 2.89. The topological polar surface area (TPSA) is 20.3 Å². The Morgan fingerprint density at radius 1 is 1.35 bits per heavy atom. The fourth-order valence-corrected chi connectivity index (χ4v) is 2.18. The molecule has 1 aromatic carbocycles. The van der Waals surface area contributed by atoms with Crippen LogP contribution < -0.4 is 0 Å². The molecule has 0 N–H and O–H groups in total. The second-order valence-corrected chi connectivity index (χ2v) is 4.79. The number of hydrogen-bond acceptors (Lipinski definition) is 1. The largest absolute Gasteiger partial charge is 0.337 e. The maximum Gasteiger partial charge on any atom is 0.245 e. The van der Waals surface area contributed by atoms with Gasteiger partial charge in [0.25, 0.3) is 0 Å². The van der Waals surface area contributed by atoms with Crippen LogP contribution in [-0.4, -0.2) is 23.9 Å². The minimum absolute atomic E-state index is 0.00150. The lowest BCUT2D eigenvalue weighted by Gasteiger charge is -2.27. The summed E-state index contributed by atoms with van der Waals surface area (Å²) in [7, 11) is 0. The van der Waals surface area contributed by atoms with Gasteiger partial charge in [-0.1, -0.05) is 42.0 Å². The van der Waals surface area contributed by atoms with Gasteiger partial charge in [0.2, 0.25) is 5.91 Å². The minimum Gasteiger partial charge on any atom is -0.337 e. The Kier molecular flexibility index (Phi) is 3.85. The molecule has 1 atom stereocenters. The minimum atomic E-state index is -0.567. The van der Waals surface area contributed by atoms with Gasteiger partial charge in [0.15, 0.2) is 0 Å². The van der Waals surface area contributed by atoms with Crippen molar-refractivity contribution in [2.24, 2.45) is 0 Å². The second-order valence-electron chi connectivity index (χ2n) is 4.36. The monoisotopic (exact) mass is 249 g/mol. The van der Waals surface area contributed by atoms with Crippen molar-refractivity contribution >= 4 is 17.5 Å². The normalized spacial score (nSPS) is 17.5. The molecule has 0 spiro atoms. The first-order valence-corrected chi connectivity index (χ1v) is 6.25. The molecule has 0 saturated heterocycles. The summed E-state index contributed by atoms with van der Waals surface area (Å²) in [5.74, 6) is 0.00150. The number of carbonyl (C=O) groups excluding carboxylic acids is 1. The van der Waals surface area contributed by atoms with E-state index in [-0.39, 0.29) is 5.91 Å². The van der Waals surface area contributed by atoms with E-state index in [0.717, 1.165) is 18.5 Å². The van der Waals surface area contributed by atoms with Crippen LogP contribution in [0.25, 0.3) is 0 Å². The highest BCUT2D eigenvalue weighted by molar-refractivity contribution is 6.30. The van der Waals surface area contributed by atoms with Gasteiger partial charge in [-0.15, -0.1) is 11.6 Å². The molecule has 1 unspecified atom stereocenters. The van der Waals surface area contributed by atoms with E-state index < -0.39 is 5.38 Å². The first-order chi connectivity index (χ1) is 8.18. The molecule has 17 heavy (non-hydrogen) atoms. The molecule has 1 aromatic rings. The van der Waals surface area contributed by atoms with Crippen LogP contribution in [-0.2, 0) is 4.79 Å². The average Bonchev–Trinajstić information content (AvgIpc) is 2.39. The summed E-state index contributed by atoms with van der Waals surface area (Å²) in [6.45, 7) is 3.55. The number of nitrogens with zero attached hydrogens (tertiary/aromatic N) is 1. The van der Waals surface area contributed by atoms with Crippen LogP contribution >= 0.6 is 11.6 Å². The first-order valence-electron chi connectivity index (χ1n) is 5.82. The van der Waals surface area contributed by atoms with Crippen molar-refractivity contribution in [3.8, 4) is 0 Å². The standard InChI is InChI=1S/C14H16ClNO/c1-11-7-9-16(10-8-11)14(17)13(15)12-5-3-2-4-6-12/h2-7,13H,8-10H2,1H3. The van der Waals surface area contributed by atoms with Gasteiger partial charge in [-0.3, -0.25) is 4.79 Å². The SMILES string of the molecule is CC1=CCN(C(=O)C(Cl)c2ccccc2)CC1.